The molecule has 4 aliphatic carbocycles. The molecular weight excluding hydrogens is 623 g/mol. The third kappa shape index (κ3) is 4.06. The number of fused-ring (bicyclic) bond motifs is 12. The van der Waals surface area contributed by atoms with Crippen LogP contribution < -0.4 is 4.90 Å². The first-order chi connectivity index (χ1) is 24.5. The number of aryl methyl sites for hydroxylation is 2. The molecule has 0 radical (unpaired) electrons. The minimum atomic E-state index is -0.0267. The molecule has 12 rings (SSSR count). The van der Waals surface area contributed by atoms with Crippen molar-refractivity contribution >= 4 is 48.6 Å². The largest absolute Gasteiger partial charge is 0.310 e. The van der Waals surface area contributed by atoms with Crippen LogP contribution in [0.3, 0.4) is 0 Å². The molecule has 4 aliphatic rings. The quantitative estimate of drug-likeness (QED) is 0.182. The first-order valence-corrected chi connectivity index (χ1v) is 18.7. The Morgan fingerprint density at radius 3 is 2.12 bits per heavy atom. The van der Waals surface area contributed by atoms with Crippen LogP contribution in [0.2, 0.25) is 0 Å². The highest BCUT2D eigenvalue weighted by molar-refractivity contribution is 7.25. The molecule has 0 fully saturated rings. The van der Waals surface area contributed by atoms with E-state index in [1.807, 2.05) is 11.3 Å². The van der Waals surface area contributed by atoms with Crippen molar-refractivity contribution in [3.63, 3.8) is 0 Å². The summed E-state index contributed by atoms with van der Waals surface area (Å²) in [6.07, 6.45) is 3.24. The van der Waals surface area contributed by atoms with Crippen LogP contribution in [-0.4, -0.2) is 0 Å². The average Bonchev–Trinajstić information content (AvgIpc) is 3.63. The number of hydrogen-bond acceptors (Lipinski definition) is 2. The Kier molecular flexibility index (Phi) is 5.85. The van der Waals surface area contributed by atoms with Crippen molar-refractivity contribution < 1.29 is 0 Å². The van der Waals surface area contributed by atoms with Crippen molar-refractivity contribution in [1.29, 1.82) is 0 Å². The Balaban J connectivity index is 1.14. The third-order valence-corrected chi connectivity index (χ3v) is 12.8. The summed E-state index contributed by atoms with van der Waals surface area (Å²) in [6.45, 7) is 4.78. The fraction of sp³-hybridized carbons (Fsp3) is 0.125. The van der Waals surface area contributed by atoms with Gasteiger partial charge in [0.15, 0.2) is 0 Å². The predicted octanol–water partition coefficient (Wildman–Crippen LogP) is 13.2. The Morgan fingerprint density at radius 1 is 0.500 bits per heavy atom. The molecule has 0 saturated heterocycles. The van der Waals surface area contributed by atoms with Crippen molar-refractivity contribution in [1.82, 2.24) is 0 Å². The van der Waals surface area contributed by atoms with E-state index in [4.69, 9.17) is 0 Å². The summed E-state index contributed by atoms with van der Waals surface area (Å²) in [5, 5.41) is 2.64. The molecule has 2 heteroatoms. The van der Waals surface area contributed by atoms with E-state index in [2.05, 4.69) is 158 Å². The molecule has 2 bridgehead atoms. The molecule has 7 aromatic carbocycles. The van der Waals surface area contributed by atoms with Crippen LogP contribution >= 0.6 is 11.3 Å². The molecule has 0 spiro atoms. The number of rotatable bonds is 4. The van der Waals surface area contributed by atoms with Gasteiger partial charge in [-0.1, -0.05) is 105 Å². The minimum Gasteiger partial charge on any atom is -0.310 e. The normalized spacial score (nSPS) is 14.5. The third-order valence-electron chi connectivity index (χ3n) is 11.6. The molecule has 1 heterocycles. The van der Waals surface area contributed by atoms with Gasteiger partial charge in [0.2, 0.25) is 0 Å². The Morgan fingerprint density at radius 2 is 1.22 bits per heavy atom. The summed E-state index contributed by atoms with van der Waals surface area (Å²) < 4.78 is 2.66. The molecule has 0 N–H and O–H groups in total. The van der Waals surface area contributed by atoms with Crippen molar-refractivity contribution in [2.24, 2.45) is 0 Å². The van der Waals surface area contributed by atoms with Gasteiger partial charge < -0.3 is 4.90 Å². The zero-order valence-electron chi connectivity index (χ0n) is 28.3. The van der Waals surface area contributed by atoms with Crippen molar-refractivity contribution in [3.8, 4) is 33.4 Å². The smallest absolute Gasteiger partial charge is 0.0468 e. The molecule has 238 valence electrons. The average molecular weight is 658 g/mol. The molecule has 0 saturated carbocycles. The maximum absolute atomic E-state index is 2.49. The summed E-state index contributed by atoms with van der Waals surface area (Å²) in [6, 6.07) is 53.2. The van der Waals surface area contributed by atoms with E-state index in [-0.39, 0.29) is 5.41 Å². The van der Waals surface area contributed by atoms with Gasteiger partial charge >= 0.3 is 0 Å². The van der Waals surface area contributed by atoms with E-state index < -0.39 is 0 Å². The van der Waals surface area contributed by atoms with Gasteiger partial charge in [-0.15, -0.1) is 11.3 Å². The highest BCUT2D eigenvalue weighted by atomic mass is 32.1. The van der Waals surface area contributed by atoms with Crippen LogP contribution in [0.15, 0.2) is 140 Å². The van der Waals surface area contributed by atoms with Gasteiger partial charge in [0, 0.05) is 42.6 Å². The molecule has 8 aromatic rings. The highest BCUT2D eigenvalue weighted by Gasteiger charge is 2.38. The maximum atomic E-state index is 2.49. The molecule has 1 aromatic heterocycles. The first-order valence-electron chi connectivity index (χ1n) is 17.8. The second kappa shape index (κ2) is 10.3. The lowest BCUT2D eigenvalue weighted by Gasteiger charge is -2.30. The van der Waals surface area contributed by atoms with Gasteiger partial charge in [-0.25, -0.2) is 0 Å². The number of thiophene rings is 1. The lowest BCUT2D eigenvalue weighted by atomic mass is 9.78. The van der Waals surface area contributed by atoms with Crippen molar-refractivity contribution in [2.75, 3.05) is 4.90 Å². The predicted molar refractivity (Wildman–Crippen MR) is 213 cm³/mol. The summed E-state index contributed by atoms with van der Waals surface area (Å²) in [4.78, 5) is 2.49. The zero-order valence-corrected chi connectivity index (χ0v) is 29.1. The molecule has 0 amide bonds. The van der Waals surface area contributed by atoms with Crippen LogP contribution in [0.4, 0.5) is 17.1 Å². The van der Waals surface area contributed by atoms with E-state index in [1.54, 1.807) is 0 Å². The second-order valence-electron chi connectivity index (χ2n) is 14.9. The topological polar surface area (TPSA) is 3.24 Å². The van der Waals surface area contributed by atoms with Gasteiger partial charge in [-0.3, -0.25) is 0 Å². The van der Waals surface area contributed by atoms with Crippen LogP contribution in [0, 0.1) is 0 Å². The Hall–Kier alpha value is -5.44. The molecule has 0 unspecified atom stereocenters. The molecule has 0 atom stereocenters. The van der Waals surface area contributed by atoms with Gasteiger partial charge in [0.1, 0.15) is 0 Å². The lowest BCUT2D eigenvalue weighted by molar-refractivity contribution is 0.660. The van der Waals surface area contributed by atoms with E-state index in [9.17, 15) is 0 Å². The fourth-order valence-corrected chi connectivity index (χ4v) is 10.2. The number of hydrogen-bond donors (Lipinski definition) is 0. The second-order valence-corrected chi connectivity index (χ2v) is 16.0. The monoisotopic (exact) mass is 657 g/mol. The van der Waals surface area contributed by atoms with Gasteiger partial charge in [0.25, 0.3) is 0 Å². The summed E-state index contributed by atoms with van der Waals surface area (Å²) in [5.41, 5.74) is 20.4. The standard InChI is InChI=1S/C48H35NS/c1-48(2)42-12-5-3-11-39(42)47-43(48)20-17-32-15-14-31-16-18-36(27-40(31)46(32)47)49(35-9-7-8-33(26-35)34-24-29-22-30(23-29)25-34)37-19-21-45-41(28-37)38-10-4-6-13-44(38)50-45/h3-13,16-22,24-28H,14-15,23H2,1-2H3. The van der Waals surface area contributed by atoms with Crippen LogP contribution in [0.1, 0.15) is 47.2 Å². The van der Waals surface area contributed by atoms with E-state index in [0.717, 1.165) is 19.3 Å². The van der Waals surface area contributed by atoms with E-state index in [0.29, 0.717) is 0 Å². The number of benzene rings is 7. The van der Waals surface area contributed by atoms with E-state index >= 15 is 0 Å². The van der Waals surface area contributed by atoms with Crippen molar-refractivity contribution in [3.05, 3.63) is 173 Å². The van der Waals surface area contributed by atoms with Crippen LogP contribution in [0.25, 0.3) is 53.6 Å². The van der Waals surface area contributed by atoms with Gasteiger partial charge in [-0.05, 0) is 135 Å². The Bertz CT molecular complexity index is 2700. The van der Waals surface area contributed by atoms with Gasteiger partial charge in [-0.2, -0.15) is 0 Å². The summed E-state index contributed by atoms with van der Waals surface area (Å²) in [5.74, 6) is 0. The lowest BCUT2D eigenvalue weighted by Crippen LogP contribution is -2.15. The fourth-order valence-electron chi connectivity index (χ4n) is 9.14. The zero-order chi connectivity index (χ0) is 33.1. The molecule has 0 aliphatic heterocycles. The molecule has 1 nitrogen and oxygen atoms in total. The van der Waals surface area contributed by atoms with Gasteiger partial charge in [0.05, 0.1) is 0 Å². The molecule has 50 heavy (non-hydrogen) atoms. The van der Waals surface area contributed by atoms with Crippen molar-refractivity contribution in [2.45, 2.75) is 38.5 Å². The minimum absolute atomic E-state index is 0.0267. The summed E-state index contributed by atoms with van der Waals surface area (Å²) >= 11 is 1.88. The number of anilines is 3. The van der Waals surface area contributed by atoms with Crippen LogP contribution in [-0.2, 0) is 24.7 Å². The van der Waals surface area contributed by atoms with E-state index in [1.165, 1.54) is 104 Å². The molecular formula is C48H35NS. The maximum Gasteiger partial charge on any atom is 0.0468 e. The first kappa shape index (κ1) is 28.4. The van der Waals surface area contributed by atoms with Crippen LogP contribution in [0.5, 0.6) is 0 Å². The highest BCUT2D eigenvalue weighted by Crippen LogP contribution is 2.55. The summed E-state index contributed by atoms with van der Waals surface area (Å²) in [7, 11) is 0. The Labute approximate surface area is 297 Å². The number of nitrogens with zero attached hydrogens (tertiary/aromatic N) is 1. The SMILES string of the molecule is CC1(C)c2ccccc2-c2c1ccc1c2-c2cc(N(c3cccc(-c4cc5cc(c4)C5)c3)c3ccc4sc5ccccc5c4c3)ccc2CC1.